The molecule has 2 nitrogen and oxygen atoms in total. The van der Waals surface area contributed by atoms with E-state index in [9.17, 15) is 4.39 Å². The van der Waals surface area contributed by atoms with Crippen LogP contribution in [0, 0.1) is 0 Å². The van der Waals surface area contributed by atoms with E-state index in [1.165, 1.54) is 19.3 Å². The zero-order chi connectivity index (χ0) is 8.44. The molecule has 1 unspecified atom stereocenters. The number of hydrogen-bond donors (Lipinski definition) is 1. The molecule has 5 heteroatoms. The molecule has 0 amide bonds. The van der Waals surface area contributed by atoms with Gasteiger partial charge in [-0.2, -0.15) is 0 Å². The normalized spacial score (nSPS) is 31.5. The quantitative estimate of drug-likeness (QED) is 0.795. The predicted molar refractivity (Wildman–Crippen MR) is 61.5 cm³/mol. The minimum absolute atomic E-state index is 0. The zero-order valence-electron chi connectivity index (χ0n) is 8.30. The number of halogens is 3. The molecule has 2 aliphatic heterocycles. The minimum atomic E-state index is -0.193. The van der Waals surface area contributed by atoms with E-state index in [1.54, 1.807) is 0 Å². The summed E-state index contributed by atoms with van der Waals surface area (Å²) in [6.07, 6.45) is 3.78. The van der Waals surface area contributed by atoms with Gasteiger partial charge in [-0.05, 0) is 25.8 Å². The molecule has 0 aromatic heterocycles. The number of nitrogens with one attached hydrogen (secondary N) is 1. The summed E-state index contributed by atoms with van der Waals surface area (Å²) in [6, 6.07) is 0. The first-order chi connectivity index (χ1) is 5.87. The van der Waals surface area contributed by atoms with Crippen molar-refractivity contribution in [2.45, 2.75) is 24.8 Å². The molecule has 14 heavy (non-hydrogen) atoms. The van der Waals surface area contributed by atoms with Crippen LogP contribution in [0.25, 0.3) is 0 Å². The molecular weight excluding hydrogens is 226 g/mol. The SMILES string of the molecule is Cl.Cl.FCCN1CCC12CCCNC2. The van der Waals surface area contributed by atoms with E-state index in [1.807, 2.05) is 0 Å². The Labute approximate surface area is 97.4 Å². The summed E-state index contributed by atoms with van der Waals surface area (Å²) in [5, 5.41) is 3.40. The molecule has 1 N–H and O–H groups in total. The second-order valence-corrected chi connectivity index (χ2v) is 3.93. The fourth-order valence-corrected chi connectivity index (χ4v) is 2.47. The zero-order valence-corrected chi connectivity index (χ0v) is 9.93. The highest BCUT2D eigenvalue weighted by Gasteiger charge is 2.44. The number of hydrogen-bond acceptors (Lipinski definition) is 2. The lowest BCUT2D eigenvalue weighted by Crippen LogP contribution is -2.66. The maximum atomic E-state index is 12.1. The van der Waals surface area contributed by atoms with Crippen LogP contribution in [0.1, 0.15) is 19.3 Å². The molecule has 2 fully saturated rings. The van der Waals surface area contributed by atoms with E-state index >= 15 is 0 Å². The molecule has 1 spiro atoms. The van der Waals surface area contributed by atoms with Gasteiger partial charge in [0.2, 0.25) is 0 Å². The molecule has 86 valence electrons. The number of piperidine rings is 1. The fourth-order valence-electron chi connectivity index (χ4n) is 2.47. The summed E-state index contributed by atoms with van der Waals surface area (Å²) >= 11 is 0. The van der Waals surface area contributed by atoms with Crippen LogP contribution in [-0.2, 0) is 0 Å². The molecule has 1 atom stereocenters. The lowest BCUT2D eigenvalue weighted by atomic mass is 9.78. The minimum Gasteiger partial charge on any atom is -0.315 e. The third-order valence-corrected chi connectivity index (χ3v) is 3.32. The number of alkyl halides is 1. The standard InChI is InChI=1S/C9H17FN2.2ClH/c10-4-7-12-6-3-9(12)2-1-5-11-8-9;;/h11H,1-8H2;2*1H. The number of rotatable bonds is 2. The molecule has 0 aromatic rings. The first-order valence-corrected chi connectivity index (χ1v) is 4.89. The lowest BCUT2D eigenvalue weighted by molar-refractivity contribution is -0.0345. The summed E-state index contributed by atoms with van der Waals surface area (Å²) in [5.74, 6) is 0. The van der Waals surface area contributed by atoms with Gasteiger partial charge in [0.15, 0.2) is 0 Å². The van der Waals surface area contributed by atoms with Gasteiger partial charge in [0.25, 0.3) is 0 Å². The molecule has 0 aromatic carbocycles. The Morgan fingerprint density at radius 3 is 2.50 bits per heavy atom. The maximum absolute atomic E-state index is 12.1. The monoisotopic (exact) mass is 244 g/mol. The highest BCUT2D eigenvalue weighted by atomic mass is 35.5. The Bertz CT molecular complexity index is 163. The van der Waals surface area contributed by atoms with Gasteiger partial charge in [-0.15, -0.1) is 24.8 Å². The maximum Gasteiger partial charge on any atom is 0.102 e. The van der Waals surface area contributed by atoms with Gasteiger partial charge in [0.1, 0.15) is 6.67 Å². The van der Waals surface area contributed by atoms with Crippen LogP contribution in [-0.4, -0.2) is 43.3 Å². The predicted octanol–water partition coefficient (Wildman–Crippen LogP) is 1.63. The first-order valence-electron chi connectivity index (χ1n) is 4.89. The molecule has 2 saturated heterocycles. The smallest absolute Gasteiger partial charge is 0.102 e. The van der Waals surface area contributed by atoms with E-state index in [4.69, 9.17) is 0 Å². The molecule has 0 bridgehead atoms. The van der Waals surface area contributed by atoms with Gasteiger partial charge in [0, 0.05) is 25.2 Å². The topological polar surface area (TPSA) is 15.3 Å². The number of likely N-dealkylation sites (tertiary alicyclic amines) is 1. The van der Waals surface area contributed by atoms with Gasteiger partial charge in [-0.3, -0.25) is 4.90 Å². The van der Waals surface area contributed by atoms with E-state index in [0.717, 1.165) is 19.6 Å². The molecule has 0 aliphatic carbocycles. The van der Waals surface area contributed by atoms with Crippen LogP contribution < -0.4 is 5.32 Å². The summed E-state index contributed by atoms with van der Waals surface area (Å²) in [7, 11) is 0. The summed E-state index contributed by atoms with van der Waals surface area (Å²) in [6.45, 7) is 3.77. The van der Waals surface area contributed by atoms with E-state index in [0.29, 0.717) is 12.1 Å². The van der Waals surface area contributed by atoms with Crippen molar-refractivity contribution in [3.05, 3.63) is 0 Å². The average Bonchev–Trinajstić information content (AvgIpc) is 2.14. The summed E-state index contributed by atoms with van der Waals surface area (Å²) in [4.78, 5) is 2.30. The van der Waals surface area contributed by atoms with E-state index in [2.05, 4.69) is 10.2 Å². The van der Waals surface area contributed by atoms with Crippen LogP contribution in [0.5, 0.6) is 0 Å². The average molecular weight is 245 g/mol. The van der Waals surface area contributed by atoms with Crippen molar-refractivity contribution in [2.75, 3.05) is 32.9 Å². The Morgan fingerprint density at radius 1 is 1.29 bits per heavy atom. The van der Waals surface area contributed by atoms with Gasteiger partial charge in [-0.1, -0.05) is 0 Å². The van der Waals surface area contributed by atoms with Crippen LogP contribution >= 0.6 is 24.8 Å². The lowest BCUT2D eigenvalue weighted by Gasteiger charge is -2.55. The number of nitrogens with zero attached hydrogens (tertiary/aromatic N) is 1. The Kier molecular flexibility index (Phi) is 6.30. The Morgan fingerprint density at radius 2 is 2.07 bits per heavy atom. The summed E-state index contributed by atoms with van der Waals surface area (Å²) in [5.41, 5.74) is 0.352. The molecule has 2 rings (SSSR count). The highest BCUT2D eigenvalue weighted by molar-refractivity contribution is 5.85. The third-order valence-electron chi connectivity index (χ3n) is 3.32. The highest BCUT2D eigenvalue weighted by Crippen LogP contribution is 2.35. The second-order valence-electron chi connectivity index (χ2n) is 3.93. The van der Waals surface area contributed by atoms with Gasteiger partial charge in [0.05, 0.1) is 0 Å². The van der Waals surface area contributed by atoms with Crippen molar-refractivity contribution in [1.82, 2.24) is 10.2 Å². The van der Waals surface area contributed by atoms with E-state index < -0.39 is 0 Å². The second kappa shape index (κ2) is 6.11. The van der Waals surface area contributed by atoms with Crippen molar-refractivity contribution < 1.29 is 4.39 Å². The first kappa shape index (κ1) is 14.4. The van der Waals surface area contributed by atoms with Gasteiger partial charge in [-0.25, -0.2) is 4.39 Å². The largest absolute Gasteiger partial charge is 0.315 e. The molecule has 0 radical (unpaired) electrons. The van der Waals surface area contributed by atoms with E-state index in [-0.39, 0.29) is 31.5 Å². The van der Waals surface area contributed by atoms with Crippen LogP contribution in [0.15, 0.2) is 0 Å². The third kappa shape index (κ3) is 2.51. The van der Waals surface area contributed by atoms with Crippen LogP contribution in [0.2, 0.25) is 0 Å². The Balaban J connectivity index is 0.000000845. The van der Waals surface area contributed by atoms with Crippen LogP contribution in [0.3, 0.4) is 0 Å². The van der Waals surface area contributed by atoms with Crippen molar-refractivity contribution in [2.24, 2.45) is 0 Å². The molecular formula is C9H19Cl2FN2. The van der Waals surface area contributed by atoms with Crippen molar-refractivity contribution >= 4 is 24.8 Å². The van der Waals surface area contributed by atoms with Crippen molar-refractivity contribution in [1.29, 1.82) is 0 Å². The fraction of sp³-hybridized carbons (Fsp3) is 1.00. The van der Waals surface area contributed by atoms with Gasteiger partial charge >= 0.3 is 0 Å². The molecule has 2 aliphatic rings. The summed E-state index contributed by atoms with van der Waals surface area (Å²) < 4.78 is 12.1. The Hall–Kier alpha value is 0.430. The van der Waals surface area contributed by atoms with Crippen molar-refractivity contribution in [3.8, 4) is 0 Å². The van der Waals surface area contributed by atoms with Gasteiger partial charge < -0.3 is 5.32 Å². The molecule has 2 heterocycles. The molecule has 0 saturated carbocycles. The van der Waals surface area contributed by atoms with Crippen LogP contribution in [0.4, 0.5) is 4.39 Å². The van der Waals surface area contributed by atoms with Crippen molar-refractivity contribution in [3.63, 3.8) is 0 Å².